The number of hydrogen-bond acceptors (Lipinski definition) is 4. The molecule has 1 aliphatic rings. The van der Waals surface area contributed by atoms with Gasteiger partial charge in [-0.2, -0.15) is 0 Å². The Kier molecular flexibility index (Phi) is 6.89. The monoisotopic (exact) mass is 692 g/mol. The van der Waals surface area contributed by atoms with Crippen LogP contribution in [0, 0.1) is 0 Å². The maximum atomic E-state index is 5.45. The first-order chi connectivity index (χ1) is 26.8. The van der Waals surface area contributed by atoms with Crippen LogP contribution in [0.4, 0.5) is 0 Å². The van der Waals surface area contributed by atoms with Gasteiger partial charge < -0.3 is 9.13 Å². The number of rotatable bonds is 5. The molecule has 0 bridgehead atoms. The number of nitrogens with zero attached hydrogens (tertiary/aromatic N) is 6. The van der Waals surface area contributed by atoms with Crippen LogP contribution in [-0.4, -0.2) is 29.1 Å². The number of hydrogen-bond donors (Lipinski definition) is 0. The molecule has 0 spiro atoms. The lowest BCUT2D eigenvalue weighted by Gasteiger charge is -2.15. The Morgan fingerprint density at radius 1 is 0.444 bits per heavy atom. The molecule has 0 fully saturated rings. The van der Waals surface area contributed by atoms with E-state index in [4.69, 9.17) is 15.0 Å². The summed E-state index contributed by atoms with van der Waals surface area (Å²) in [7, 11) is 0. The number of fused-ring (bicyclic) bond motifs is 7. The second-order valence-corrected chi connectivity index (χ2v) is 13.8. The second kappa shape index (κ2) is 12.2. The molecule has 6 nitrogen and oxygen atoms in total. The van der Waals surface area contributed by atoms with Crippen LogP contribution >= 0.6 is 0 Å². The van der Waals surface area contributed by atoms with Gasteiger partial charge in [0.1, 0.15) is 0 Å². The lowest BCUT2D eigenvalue weighted by Crippen LogP contribution is -2.30. The van der Waals surface area contributed by atoms with Crippen LogP contribution in [-0.2, 0) is 0 Å². The van der Waals surface area contributed by atoms with Crippen molar-refractivity contribution in [1.29, 1.82) is 0 Å². The van der Waals surface area contributed by atoms with Crippen LogP contribution in [0.25, 0.3) is 89.4 Å². The smallest absolute Gasteiger partial charge is 0.166 e. The summed E-state index contributed by atoms with van der Waals surface area (Å²) in [4.78, 5) is 20.8. The fourth-order valence-electron chi connectivity index (χ4n) is 8.41. The van der Waals surface area contributed by atoms with Crippen LogP contribution in [0.5, 0.6) is 0 Å². The van der Waals surface area contributed by atoms with Crippen molar-refractivity contribution in [2.24, 2.45) is 0 Å². The normalized spacial score (nSPS) is 12.8. The average Bonchev–Trinajstić information content (AvgIpc) is 3.77. The van der Waals surface area contributed by atoms with E-state index in [0.717, 1.165) is 84.2 Å². The van der Waals surface area contributed by atoms with E-state index < -0.39 is 0 Å². The molecule has 10 aromatic rings. The first kappa shape index (κ1) is 30.4. The van der Waals surface area contributed by atoms with Crippen LogP contribution in [0.2, 0.25) is 0 Å². The molecular weight excluding hydrogens is 661 g/mol. The van der Waals surface area contributed by atoms with Crippen molar-refractivity contribution in [2.75, 3.05) is 0 Å². The molecule has 4 aromatic heterocycles. The van der Waals surface area contributed by atoms with Crippen molar-refractivity contribution in [3.63, 3.8) is 0 Å². The van der Waals surface area contributed by atoms with Crippen LogP contribution in [0.1, 0.15) is 18.7 Å². The molecule has 0 unspecified atom stereocenters. The predicted molar refractivity (Wildman–Crippen MR) is 219 cm³/mol. The predicted octanol–water partition coefficient (Wildman–Crippen LogP) is 9.57. The van der Waals surface area contributed by atoms with Gasteiger partial charge in [-0.05, 0) is 72.7 Å². The maximum Gasteiger partial charge on any atom is 0.166 e. The van der Waals surface area contributed by atoms with Crippen LogP contribution < -0.4 is 10.4 Å². The van der Waals surface area contributed by atoms with Gasteiger partial charge in [-0.1, -0.05) is 103 Å². The van der Waals surface area contributed by atoms with E-state index in [1.54, 1.807) is 0 Å². The summed E-state index contributed by atoms with van der Waals surface area (Å²) in [6, 6.07) is 53.4. The molecule has 0 amide bonds. The fraction of sp³-hybridized carbons (Fsp3) is 0.0417. The molecule has 11 rings (SSSR count). The molecule has 6 heteroatoms. The minimum atomic E-state index is 0.632. The van der Waals surface area contributed by atoms with E-state index >= 15 is 0 Å². The van der Waals surface area contributed by atoms with E-state index in [-0.39, 0.29) is 0 Å². The Balaban J connectivity index is 1.27. The highest BCUT2D eigenvalue weighted by Crippen LogP contribution is 2.40. The first-order valence-corrected chi connectivity index (χ1v) is 18.4. The van der Waals surface area contributed by atoms with Gasteiger partial charge in [0.15, 0.2) is 17.5 Å². The summed E-state index contributed by atoms with van der Waals surface area (Å²) in [6.07, 6.45) is 7.80. The molecule has 4 heterocycles. The molecule has 0 saturated carbocycles. The quantitative estimate of drug-likeness (QED) is 0.180. The third-order valence-corrected chi connectivity index (χ3v) is 10.7. The SMILES string of the molecule is C1=c2ccncc2=C(c2nc(-c3cccc4c5ccccc5n(-c5ccccc5)c34)nc(-c3cccc4c5ccccc5n(-c5ccccc5)c34)n2)CC1. The molecule has 1 aliphatic carbocycles. The number of aromatic nitrogens is 6. The molecule has 0 radical (unpaired) electrons. The summed E-state index contributed by atoms with van der Waals surface area (Å²) in [5.41, 5.74) is 9.54. The van der Waals surface area contributed by atoms with Gasteiger partial charge in [-0.15, -0.1) is 0 Å². The highest BCUT2D eigenvalue weighted by molar-refractivity contribution is 6.14. The summed E-state index contributed by atoms with van der Waals surface area (Å²) in [5.74, 6) is 1.94. The largest absolute Gasteiger partial charge is 0.309 e. The summed E-state index contributed by atoms with van der Waals surface area (Å²) >= 11 is 0. The number of para-hydroxylation sites is 6. The van der Waals surface area contributed by atoms with E-state index in [0.29, 0.717) is 17.5 Å². The van der Waals surface area contributed by atoms with Gasteiger partial charge in [0.25, 0.3) is 0 Å². The van der Waals surface area contributed by atoms with Crippen molar-refractivity contribution >= 4 is 55.3 Å². The summed E-state index contributed by atoms with van der Waals surface area (Å²) in [5, 5.41) is 6.89. The Hall–Kier alpha value is -7.18. The molecule has 0 N–H and O–H groups in total. The maximum absolute atomic E-state index is 5.45. The van der Waals surface area contributed by atoms with E-state index in [1.807, 2.05) is 12.4 Å². The Labute approximate surface area is 310 Å². The van der Waals surface area contributed by atoms with Gasteiger partial charge in [-0.25, -0.2) is 15.0 Å². The standard InChI is InChI=1S/C48H32N6/c1-3-15-32(16-4-1)53-42-26-9-7-19-34(42)36-21-12-24-39(44(36)53)47-50-46(38-23-11-14-31-28-29-49-30-41(31)38)51-48(52-47)40-25-13-22-37-35-20-8-10-27-43(35)54(45(37)40)33-17-5-2-6-18-33/h1-10,12-22,24-30H,11,23H2. The number of benzene rings is 6. The van der Waals surface area contributed by atoms with Gasteiger partial charge in [0.2, 0.25) is 0 Å². The van der Waals surface area contributed by atoms with E-state index in [9.17, 15) is 0 Å². The minimum absolute atomic E-state index is 0.632. The minimum Gasteiger partial charge on any atom is -0.309 e. The lowest BCUT2D eigenvalue weighted by molar-refractivity contribution is 0.978. The van der Waals surface area contributed by atoms with Gasteiger partial charge >= 0.3 is 0 Å². The van der Waals surface area contributed by atoms with Crippen molar-refractivity contribution in [3.05, 3.63) is 180 Å². The number of pyridine rings is 1. The van der Waals surface area contributed by atoms with Crippen LogP contribution in [0.15, 0.2) is 164 Å². The highest BCUT2D eigenvalue weighted by atomic mass is 15.1. The van der Waals surface area contributed by atoms with Crippen molar-refractivity contribution < 1.29 is 0 Å². The fourth-order valence-corrected chi connectivity index (χ4v) is 8.41. The van der Waals surface area contributed by atoms with Crippen molar-refractivity contribution in [2.45, 2.75) is 12.8 Å². The molecule has 0 aliphatic heterocycles. The zero-order valence-corrected chi connectivity index (χ0v) is 29.3. The van der Waals surface area contributed by atoms with E-state index in [2.05, 4.69) is 172 Å². The average molecular weight is 693 g/mol. The zero-order chi connectivity index (χ0) is 35.6. The topological polar surface area (TPSA) is 61.4 Å². The first-order valence-electron chi connectivity index (χ1n) is 18.4. The summed E-state index contributed by atoms with van der Waals surface area (Å²) in [6.45, 7) is 0. The molecular formula is C48H32N6. The molecule has 254 valence electrons. The van der Waals surface area contributed by atoms with Crippen molar-refractivity contribution in [3.8, 4) is 34.2 Å². The Bertz CT molecular complexity index is 3040. The molecule has 6 aromatic carbocycles. The van der Waals surface area contributed by atoms with Gasteiger partial charge in [0.05, 0.1) is 22.1 Å². The highest BCUT2D eigenvalue weighted by Gasteiger charge is 2.23. The second-order valence-electron chi connectivity index (χ2n) is 13.8. The van der Waals surface area contributed by atoms with E-state index in [1.165, 1.54) is 10.8 Å². The van der Waals surface area contributed by atoms with Crippen LogP contribution in [0.3, 0.4) is 0 Å². The third kappa shape index (κ3) is 4.67. The lowest BCUT2D eigenvalue weighted by atomic mass is 10.00. The Morgan fingerprint density at radius 2 is 0.944 bits per heavy atom. The zero-order valence-electron chi connectivity index (χ0n) is 29.3. The Morgan fingerprint density at radius 3 is 1.52 bits per heavy atom. The molecule has 0 atom stereocenters. The van der Waals surface area contributed by atoms with Gasteiger partial charge in [0, 0.05) is 67.2 Å². The molecule has 0 saturated heterocycles. The molecule has 54 heavy (non-hydrogen) atoms. The summed E-state index contributed by atoms with van der Waals surface area (Å²) < 4.78 is 4.69. The van der Waals surface area contributed by atoms with Gasteiger partial charge in [-0.3, -0.25) is 4.98 Å². The third-order valence-electron chi connectivity index (χ3n) is 10.7. The van der Waals surface area contributed by atoms with Crippen molar-refractivity contribution in [1.82, 2.24) is 29.1 Å².